The van der Waals surface area contributed by atoms with E-state index in [0.29, 0.717) is 5.92 Å². The number of hydrogen-bond donors (Lipinski definition) is 2. The van der Waals surface area contributed by atoms with Crippen molar-refractivity contribution in [2.24, 2.45) is 11.7 Å². The van der Waals surface area contributed by atoms with Gasteiger partial charge in [-0.3, -0.25) is 4.79 Å². The van der Waals surface area contributed by atoms with Gasteiger partial charge in [0, 0.05) is 6.04 Å². The minimum Gasteiger partial charge on any atom is -0.481 e. The molecule has 0 saturated heterocycles. The van der Waals surface area contributed by atoms with Crippen molar-refractivity contribution in [2.45, 2.75) is 44.6 Å². The zero-order chi connectivity index (χ0) is 8.97. The maximum atomic E-state index is 10.4. The first-order chi connectivity index (χ1) is 5.70. The zero-order valence-electron chi connectivity index (χ0n) is 7.74. The molecular weight excluding hydrogens is 190 g/mol. The lowest BCUT2D eigenvalue weighted by molar-refractivity contribution is -0.137. The van der Waals surface area contributed by atoms with Crippen LogP contribution in [-0.4, -0.2) is 17.1 Å². The van der Waals surface area contributed by atoms with Gasteiger partial charge in [0.15, 0.2) is 0 Å². The van der Waals surface area contributed by atoms with E-state index in [4.69, 9.17) is 10.8 Å². The summed E-state index contributed by atoms with van der Waals surface area (Å²) in [7, 11) is 0. The monoisotopic (exact) mass is 207 g/mol. The maximum Gasteiger partial charge on any atom is 0.304 e. The Morgan fingerprint density at radius 2 is 1.92 bits per heavy atom. The van der Waals surface area contributed by atoms with Crippen molar-refractivity contribution in [3.05, 3.63) is 0 Å². The van der Waals surface area contributed by atoms with Crippen LogP contribution in [0.5, 0.6) is 0 Å². The van der Waals surface area contributed by atoms with Crippen LogP contribution in [0.25, 0.3) is 0 Å². The fourth-order valence-corrected chi connectivity index (χ4v) is 1.93. The molecule has 0 aromatic heterocycles. The molecule has 4 heteroatoms. The Hall–Kier alpha value is -0.280. The van der Waals surface area contributed by atoms with E-state index in [1.807, 2.05) is 0 Å². The first-order valence-corrected chi connectivity index (χ1v) is 4.67. The molecule has 3 N–H and O–H groups in total. The lowest BCUT2D eigenvalue weighted by Gasteiger charge is -2.26. The average Bonchev–Trinajstić information content (AvgIpc) is 2.05. The van der Waals surface area contributed by atoms with Gasteiger partial charge >= 0.3 is 5.97 Å². The van der Waals surface area contributed by atoms with Gasteiger partial charge in [0.1, 0.15) is 0 Å². The van der Waals surface area contributed by atoms with Gasteiger partial charge in [-0.25, -0.2) is 0 Å². The number of carbonyl (C=O) groups is 1. The molecule has 13 heavy (non-hydrogen) atoms. The van der Waals surface area contributed by atoms with Crippen molar-refractivity contribution in [3.8, 4) is 0 Å². The second-order valence-corrected chi connectivity index (χ2v) is 3.66. The summed E-state index contributed by atoms with van der Waals surface area (Å²) in [6, 6.07) is -0.122. The molecule has 0 heterocycles. The number of hydrogen-bond acceptors (Lipinski definition) is 2. The lowest BCUT2D eigenvalue weighted by Crippen LogP contribution is -2.33. The summed E-state index contributed by atoms with van der Waals surface area (Å²) in [4.78, 5) is 10.4. The van der Waals surface area contributed by atoms with Crippen LogP contribution in [0.2, 0.25) is 0 Å². The number of carboxylic acids is 1. The second-order valence-electron chi connectivity index (χ2n) is 3.66. The van der Waals surface area contributed by atoms with Crippen LogP contribution in [0.1, 0.15) is 38.5 Å². The third kappa shape index (κ3) is 4.48. The van der Waals surface area contributed by atoms with Gasteiger partial charge in [-0.1, -0.05) is 19.3 Å². The van der Waals surface area contributed by atoms with Crippen LogP contribution < -0.4 is 5.73 Å². The molecule has 1 fully saturated rings. The van der Waals surface area contributed by atoms with Crippen molar-refractivity contribution in [1.29, 1.82) is 0 Å². The second kappa shape index (κ2) is 6.22. The van der Waals surface area contributed by atoms with Crippen molar-refractivity contribution >= 4 is 18.4 Å². The SMILES string of the molecule is Cl.N[C@@H](CC(=O)O)C1CCCCC1. The molecule has 0 aromatic rings. The maximum absolute atomic E-state index is 10.4. The molecule has 0 spiro atoms. The largest absolute Gasteiger partial charge is 0.481 e. The number of halogens is 1. The molecule has 0 aliphatic heterocycles. The van der Waals surface area contributed by atoms with Gasteiger partial charge in [0.25, 0.3) is 0 Å². The van der Waals surface area contributed by atoms with E-state index in [2.05, 4.69) is 0 Å². The van der Waals surface area contributed by atoms with E-state index in [1.165, 1.54) is 19.3 Å². The molecule has 3 nitrogen and oxygen atoms in total. The van der Waals surface area contributed by atoms with Crippen LogP contribution in [0.3, 0.4) is 0 Å². The van der Waals surface area contributed by atoms with Crippen LogP contribution in [0, 0.1) is 5.92 Å². The van der Waals surface area contributed by atoms with Gasteiger partial charge in [0.2, 0.25) is 0 Å². The van der Waals surface area contributed by atoms with Crippen molar-refractivity contribution in [1.82, 2.24) is 0 Å². The molecule has 0 unspecified atom stereocenters. The van der Waals surface area contributed by atoms with Gasteiger partial charge in [-0.2, -0.15) is 0 Å². The van der Waals surface area contributed by atoms with Crippen molar-refractivity contribution in [2.75, 3.05) is 0 Å². The van der Waals surface area contributed by atoms with Crippen LogP contribution in [-0.2, 0) is 4.79 Å². The highest BCUT2D eigenvalue weighted by Crippen LogP contribution is 2.26. The van der Waals surface area contributed by atoms with Gasteiger partial charge in [0.05, 0.1) is 6.42 Å². The molecule has 1 aliphatic rings. The summed E-state index contributed by atoms with van der Waals surface area (Å²) in [6.45, 7) is 0. The fourth-order valence-electron chi connectivity index (χ4n) is 1.93. The highest BCUT2D eigenvalue weighted by molar-refractivity contribution is 5.85. The standard InChI is InChI=1S/C9H17NO2.ClH/c10-8(6-9(11)12)7-4-2-1-3-5-7;/h7-8H,1-6,10H2,(H,11,12);1H/t8-;/m0./s1. The van der Waals surface area contributed by atoms with Gasteiger partial charge in [-0.15, -0.1) is 12.4 Å². The van der Waals surface area contributed by atoms with Gasteiger partial charge < -0.3 is 10.8 Å². The first kappa shape index (κ1) is 12.7. The fraction of sp³-hybridized carbons (Fsp3) is 0.889. The first-order valence-electron chi connectivity index (χ1n) is 4.67. The van der Waals surface area contributed by atoms with Crippen LogP contribution >= 0.6 is 12.4 Å². The van der Waals surface area contributed by atoms with E-state index >= 15 is 0 Å². The molecule has 0 aromatic carbocycles. The third-order valence-electron chi connectivity index (χ3n) is 2.67. The van der Waals surface area contributed by atoms with Gasteiger partial charge in [-0.05, 0) is 18.8 Å². The summed E-state index contributed by atoms with van der Waals surface area (Å²) in [6.07, 6.45) is 6.10. The predicted octanol–water partition coefficient (Wildman–Crippen LogP) is 1.79. The van der Waals surface area contributed by atoms with Crippen molar-refractivity contribution in [3.63, 3.8) is 0 Å². The minimum absolute atomic E-state index is 0. The molecule has 1 aliphatic carbocycles. The summed E-state index contributed by atoms with van der Waals surface area (Å²) in [5.41, 5.74) is 5.77. The normalized spacial score (nSPS) is 20.4. The summed E-state index contributed by atoms with van der Waals surface area (Å²) < 4.78 is 0. The highest BCUT2D eigenvalue weighted by atomic mass is 35.5. The molecule has 1 saturated carbocycles. The smallest absolute Gasteiger partial charge is 0.304 e. The predicted molar refractivity (Wildman–Crippen MR) is 54.1 cm³/mol. The Morgan fingerprint density at radius 3 is 2.38 bits per heavy atom. The van der Waals surface area contributed by atoms with E-state index in [9.17, 15) is 4.79 Å². The Kier molecular flexibility index (Phi) is 6.08. The molecule has 1 atom stereocenters. The molecule has 0 bridgehead atoms. The number of aliphatic carboxylic acids is 1. The average molecular weight is 208 g/mol. The number of nitrogens with two attached hydrogens (primary N) is 1. The number of rotatable bonds is 3. The topological polar surface area (TPSA) is 63.3 Å². The molecule has 78 valence electrons. The van der Waals surface area contributed by atoms with E-state index < -0.39 is 5.97 Å². The summed E-state index contributed by atoms with van der Waals surface area (Å²) in [5, 5.41) is 8.53. The van der Waals surface area contributed by atoms with Crippen molar-refractivity contribution < 1.29 is 9.90 Å². The minimum atomic E-state index is -0.770. The molecular formula is C9H18ClNO2. The summed E-state index contributed by atoms with van der Waals surface area (Å²) in [5.74, 6) is -0.317. The number of carboxylic acid groups (broad SMARTS) is 1. The molecule has 1 rings (SSSR count). The Morgan fingerprint density at radius 1 is 1.38 bits per heavy atom. The third-order valence-corrected chi connectivity index (χ3v) is 2.67. The van der Waals surface area contributed by atoms with Crippen LogP contribution in [0.4, 0.5) is 0 Å². The van der Waals surface area contributed by atoms with E-state index in [1.54, 1.807) is 0 Å². The quantitative estimate of drug-likeness (QED) is 0.742. The van der Waals surface area contributed by atoms with Crippen LogP contribution in [0.15, 0.2) is 0 Å². The zero-order valence-corrected chi connectivity index (χ0v) is 8.55. The Balaban J connectivity index is 0.00000144. The lowest BCUT2D eigenvalue weighted by atomic mass is 9.83. The molecule has 0 amide bonds. The Bertz CT molecular complexity index is 158. The van der Waals surface area contributed by atoms with E-state index in [-0.39, 0.29) is 24.9 Å². The highest BCUT2D eigenvalue weighted by Gasteiger charge is 2.21. The molecule has 0 radical (unpaired) electrons. The Labute approximate surface area is 85.1 Å². The van der Waals surface area contributed by atoms with E-state index in [0.717, 1.165) is 12.8 Å². The summed E-state index contributed by atoms with van der Waals surface area (Å²) >= 11 is 0.